The highest BCUT2D eigenvalue weighted by atomic mass is 32.2. The summed E-state index contributed by atoms with van der Waals surface area (Å²) in [5, 5.41) is 11.4. The van der Waals surface area contributed by atoms with Gasteiger partial charge in [-0.05, 0) is 29.8 Å². The van der Waals surface area contributed by atoms with Crippen LogP contribution in [0.15, 0.2) is 65.6 Å². The number of nitriles is 1. The van der Waals surface area contributed by atoms with Crippen molar-refractivity contribution < 1.29 is 4.79 Å². The second-order valence-electron chi connectivity index (χ2n) is 4.21. The minimum atomic E-state index is -0.179. The van der Waals surface area contributed by atoms with Crippen LogP contribution in [0.3, 0.4) is 0 Å². The fourth-order valence-corrected chi connectivity index (χ4v) is 2.32. The summed E-state index contributed by atoms with van der Waals surface area (Å²) in [6.07, 6.45) is 3.27. The van der Waals surface area contributed by atoms with Gasteiger partial charge >= 0.3 is 0 Å². The van der Waals surface area contributed by atoms with E-state index in [0.717, 1.165) is 16.1 Å². The molecule has 0 heterocycles. The van der Waals surface area contributed by atoms with E-state index in [2.05, 4.69) is 11.4 Å². The number of hydrogen-bond donors (Lipinski definition) is 1. The maximum Gasteiger partial charge on any atom is 0.248 e. The van der Waals surface area contributed by atoms with Crippen LogP contribution >= 0.6 is 11.8 Å². The lowest BCUT2D eigenvalue weighted by Gasteiger charge is -2.04. The maximum atomic E-state index is 11.9. The third-order valence-corrected chi connectivity index (χ3v) is 3.49. The van der Waals surface area contributed by atoms with Crippen molar-refractivity contribution in [3.05, 3.63) is 66.2 Å². The van der Waals surface area contributed by atoms with E-state index in [4.69, 9.17) is 5.26 Å². The predicted molar refractivity (Wildman–Crippen MR) is 86.9 cm³/mol. The Morgan fingerprint density at radius 1 is 1.19 bits per heavy atom. The molecule has 3 nitrogen and oxygen atoms in total. The van der Waals surface area contributed by atoms with E-state index in [1.54, 1.807) is 6.08 Å². The number of benzene rings is 2. The summed E-state index contributed by atoms with van der Waals surface area (Å²) in [6, 6.07) is 19.2. The highest BCUT2D eigenvalue weighted by Gasteiger charge is 2.00. The van der Waals surface area contributed by atoms with Gasteiger partial charge in [-0.15, -0.1) is 11.8 Å². The Kier molecular flexibility index (Phi) is 5.62. The van der Waals surface area contributed by atoms with Crippen LogP contribution in [0.2, 0.25) is 0 Å². The molecule has 21 heavy (non-hydrogen) atoms. The van der Waals surface area contributed by atoms with Crippen LogP contribution in [0.1, 0.15) is 5.56 Å². The van der Waals surface area contributed by atoms with Crippen molar-refractivity contribution in [2.45, 2.75) is 4.90 Å². The van der Waals surface area contributed by atoms with Crippen LogP contribution in [0.25, 0.3) is 6.08 Å². The van der Waals surface area contributed by atoms with E-state index >= 15 is 0 Å². The van der Waals surface area contributed by atoms with E-state index in [1.807, 2.05) is 54.6 Å². The molecule has 2 rings (SSSR count). The Morgan fingerprint density at radius 2 is 2.00 bits per heavy atom. The number of nitrogens with one attached hydrogen (secondary N) is 1. The molecule has 0 spiro atoms. The molecule has 0 aliphatic rings. The fraction of sp³-hybridized carbons (Fsp3) is 0.0588. The Labute approximate surface area is 128 Å². The van der Waals surface area contributed by atoms with E-state index in [-0.39, 0.29) is 5.91 Å². The van der Waals surface area contributed by atoms with Crippen LogP contribution < -0.4 is 5.32 Å². The Hall–Kier alpha value is -2.51. The Morgan fingerprint density at radius 3 is 2.76 bits per heavy atom. The summed E-state index contributed by atoms with van der Waals surface area (Å²) in [6.45, 7) is 0. The smallest absolute Gasteiger partial charge is 0.248 e. The standard InChI is InChI=1S/C17H14N2OS/c18-11-12-21-16-8-4-7-15(13-16)19-17(20)10-9-14-5-2-1-3-6-14/h1-10,13H,12H2,(H,19,20)/b10-9+. The number of rotatable bonds is 5. The van der Waals surface area contributed by atoms with E-state index in [1.165, 1.54) is 17.8 Å². The predicted octanol–water partition coefficient (Wildman–Crippen LogP) is 3.95. The molecule has 0 unspecified atom stereocenters. The molecule has 0 radical (unpaired) electrons. The zero-order chi connectivity index (χ0) is 14.9. The maximum absolute atomic E-state index is 11.9. The molecule has 0 saturated heterocycles. The molecule has 1 amide bonds. The first-order chi connectivity index (χ1) is 10.3. The van der Waals surface area contributed by atoms with Gasteiger partial charge < -0.3 is 5.32 Å². The number of amides is 1. The van der Waals surface area contributed by atoms with E-state index < -0.39 is 0 Å². The molecule has 0 aliphatic carbocycles. The Bertz CT molecular complexity index is 675. The van der Waals surface area contributed by atoms with Gasteiger partial charge in [-0.3, -0.25) is 4.79 Å². The van der Waals surface area contributed by atoms with Crippen LogP contribution in [-0.4, -0.2) is 11.7 Å². The number of hydrogen-bond acceptors (Lipinski definition) is 3. The molecular weight excluding hydrogens is 280 g/mol. The van der Waals surface area contributed by atoms with Crippen molar-refractivity contribution in [1.82, 2.24) is 0 Å². The van der Waals surface area contributed by atoms with Crippen LogP contribution in [0.5, 0.6) is 0 Å². The van der Waals surface area contributed by atoms with Crippen LogP contribution in [-0.2, 0) is 4.79 Å². The molecule has 0 aromatic heterocycles. The molecule has 0 saturated carbocycles. The molecule has 2 aromatic carbocycles. The molecule has 1 N–H and O–H groups in total. The lowest BCUT2D eigenvalue weighted by Crippen LogP contribution is -2.07. The normalized spacial score (nSPS) is 10.2. The lowest BCUT2D eigenvalue weighted by atomic mass is 10.2. The molecule has 2 aromatic rings. The molecule has 0 bridgehead atoms. The van der Waals surface area contributed by atoms with Crippen molar-refractivity contribution >= 4 is 29.4 Å². The second kappa shape index (κ2) is 7.93. The SMILES string of the molecule is N#CCSc1cccc(NC(=O)/C=C/c2ccccc2)c1. The lowest BCUT2D eigenvalue weighted by molar-refractivity contribution is -0.111. The number of anilines is 1. The van der Waals surface area contributed by atoms with Gasteiger partial charge in [-0.25, -0.2) is 0 Å². The monoisotopic (exact) mass is 294 g/mol. The van der Waals surface area contributed by atoms with Gasteiger partial charge in [0.15, 0.2) is 0 Å². The molecule has 4 heteroatoms. The van der Waals surface area contributed by atoms with Gasteiger partial charge in [-0.2, -0.15) is 5.26 Å². The van der Waals surface area contributed by atoms with E-state index in [9.17, 15) is 4.79 Å². The largest absolute Gasteiger partial charge is 0.322 e. The molecule has 0 atom stereocenters. The second-order valence-corrected chi connectivity index (χ2v) is 5.26. The first-order valence-electron chi connectivity index (χ1n) is 6.42. The van der Waals surface area contributed by atoms with Gasteiger partial charge in [0, 0.05) is 16.7 Å². The highest BCUT2D eigenvalue weighted by molar-refractivity contribution is 7.99. The number of nitrogens with zero attached hydrogens (tertiary/aromatic N) is 1. The molecular formula is C17H14N2OS. The van der Waals surface area contributed by atoms with Gasteiger partial charge in [-0.1, -0.05) is 36.4 Å². The van der Waals surface area contributed by atoms with Crippen molar-refractivity contribution in [3.8, 4) is 6.07 Å². The first-order valence-corrected chi connectivity index (χ1v) is 7.40. The third kappa shape index (κ3) is 5.17. The number of carbonyl (C=O) groups excluding carboxylic acids is 1. The summed E-state index contributed by atoms with van der Waals surface area (Å²) in [7, 11) is 0. The van der Waals surface area contributed by atoms with Crippen LogP contribution in [0.4, 0.5) is 5.69 Å². The minimum Gasteiger partial charge on any atom is -0.322 e. The molecule has 0 aliphatic heterocycles. The molecule has 0 fully saturated rings. The van der Waals surface area contributed by atoms with E-state index in [0.29, 0.717) is 5.75 Å². The minimum absolute atomic E-state index is 0.179. The highest BCUT2D eigenvalue weighted by Crippen LogP contribution is 2.21. The molecule has 104 valence electrons. The average molecular weight is 294 g/mol. The van der Waals surface area contributed by atoms with Crippen molar-refractivity contribution in [3.63, 3.8) is 0 Å². The van der Waals surface area contributed by atoms with Gasteiger partial charge in [0.25, 0.3) is 0 Å². The van der Waals surface area contributed by atoms with Gasteiger partial charge in [0.05, 0.1) is 11.8 Å². The number of carbonyl (C=O) groups is 1. The zero-order valence-electron chi connectivity index (χ0n) is 11.3. The topological polar surface area (TPSA) is 52.9 Å². The summed E-state index contributed by atoms with van der Waals surface area (Å²) in [5.41, 5.74) is 1.70. The van der Waals surface area contributed by atoms with Crippen molar-refractivity contribution in [2.24, 2.45) is 0 Å². The summed E-state index contributed by atoms with van der Waals surface area (Å²) in [5.74, 6) is 0.215. The third-order valence-electron chi connectivity index (χ3n) is 2.63. The quantitative estimate of drug-likeness (QED) is 0.671. The van der Waals surface area contributed by atoms with Gasteiger partial charge in [0.1, 0.15) is 0 Å². The fourth-order valence-electron chi connectivity index (χ4n) is 1.70. The van der Waals surface area contributed by atoms with Gasteiger partial charge in [0.2, 0.25) is 5.91 Å². The van der Waals surface area contributed by atoms with Crippen molar-refractivity contribution in [2.75, 3.05) is 11.1 Å². The summed E-state index contributed by atoms with van der Waals surface area (Å²) < 4.78 is 0. The van der Waals surface area contributed by atoms with Crippen molar-refractivity contribution in [1.29, 1.82) is 5.26 Å². The summed E-state index contributed by atoms with van der Waals surface area (Å²) >= 11 is 1.44. The zero-order valence-corrected chi connectivity index (χ0v) is 12.1. The van der Waals surface area contributed by atoms with Crippen LogP contribution in [0, 0.1) is 11.3 Å². The Balaban J connectivity index is 1.96. The average Bonchev–Trinajstić information content (AvgIpc) is 2.52. The first kappa shape index (κ1) is 14.9. The number of thioether (sulfide) groups is 1. The summed E-state index contributed by atoms with van der Waals surface area (Å²) in [4.78, 5) is 12.8.